The van der Waals surface area contributed by atoms with E-state index in [2.05, 4.69) is 15.3 Å². The third-order valence-electron chi connectivity index (χ3n) is 4.17. The fourth-order valence-electron chi connectivity index (χ4n) is 2.76. The number of nitrogens with one attached hydrogen (secondary N) is 3. The van der Waals surface area contributed by atoms with Gasteiger partial charge >= 0.3 is 0 Å². The van der Waals surface area contributed by atoms with Gasteiger partial charge in [0.15, 0.2) is 5.75 Å². The van der Waals surface area contributed by atoms with Crippen LogP contribution in [0.2, 0.25) is 0 Å². The van der Waals surface area contributed by atoms with E-state index in [1.54, 1.807) is 0 Å². The molecule has 2 aromatic carbocycles. The van der Waals surface area contributed by atoms with E-state index in [-0.39, 0.29) is 23.5 Å². The Morgan fingerprint density at radius 2 is 1.85 bits per heavy atom. The van der Waals surface area contributed by atoms with Crippen molar-refractivity contribution in [3.8, 4) is 5.75 Å². The minimum Gasteiger partial charge on any atom is -0.483 e. The van der Waals surface area contributed by atoms with Gasteiger partial charge in [0.05, 0.1) is 0 Å². The number of aromatic nitrogens is 2. The average molecular weight is 359 g/mol. The number of carbonyl (C=O) groups is 1. The molecule has 0 aliphatic heterocycles. The Labute approximate surface area is 154 Å². The highest BCUT2D eigenvalue weighted by molar-refractivity contribution is 6.03. The quantitative estimate of drug-likeness (QED) is 0.508. The molecule has 3 N–H and O–H groups in total. The van der Waals surface area contributed by atoms with Crippen LogP contribution in [0.15, 0.2) is 77.9 Å². The first kappa shape index (κ1) is 16.7. The first-order valence-corrected chi connectivity index (χ1v) is 8.47. The van der Waals surface area contributed by atoms with Crippen molar-refractivity contribution >= 4 is 22.5 Å². The smallest absolute Gasteiger partial charge is 0.272 e. The highest BCUT2D eigenvalue weighted by Gasteiger charge is 2.11. The number of ether oxygens (including phenoxy) is 1. The summed E-state index contributed by atoms with van der Waals surface area (Å²) < 4.78 is 5.54. The summed E-state index contributed by atoms with van der Waals surface area (Å²) in [6.07, 6.45) is 3.25. The number of pyridine rings is 1. The van der Waals surface area contributed by atoms with E-state index in [9.17, 15) is 9.59 Å². The molecule has 6 heteroatoms. The minimum absolute atomic E-state index is 0.165. The molecule has 0 aliphatic rings. The van der Waals surface area contributed by atoms with Crippen molar-refractivity contribution in [1.82, 2.24) is 9.97 Å². The van der Waals surface area contributed by atoms with Crippen molar-refractivity contribution in [2.45, 2.75) is 6.61 Å². The monoisotopic (exact) mass is 359 g/mol. The molecule has 27 heavy (non-hydrogen) atoms. The van der Waals surface area contributed by atoms with Crippen molar-refractivity contribution in [3.63, 3.8) is 0 Å². The normalized spacial score (nSPS) is 10.7. The van der Waals surface area contributed by atoms with Gasteiger partial charge < -0.3 is 20.0 Å². The molecule has 134 valence electrons. The van der Waals surface area contributed by atoms with Gasteiger partial charge in [0, 0.05) is 29.7 Å². The van der Waals surface area contributed by atoms with E-state index in [4.69, 9.17) is 4.74 Å². The molecule has 0 atom stereocenters. The largest absolute Gasteiger partial charge is 0.483 e. The predicted octanol–water partition coefficient (Wildman–Crippen LogP) is 3.69. The molecule has 0 unspecified atom stereocenters. The number of hydrogen-bond acceptors (Lipinski definition) is 3. The number of hydrogen-bond donors (Lipinski definition) is 3. The highest BCUT2D eigenvalue weighted by atomic mass is 16.5. The van der Waals surface area contributed by atoms with Gasteiger partial charge in [-0.2, -0.15) is 0 Å². The lowest BCUT2D eigenvalue weighted by Gasteiger charge is -2.08. The van der Waals surface area contributed by atoms with E-state index in [0.717, 1.165) is 16.5 Å². The molecule has 0 saturated carbocycles. The number of fused-ring (bicyclic) bond motifs is 1. The number of amides is 1. The summed E-state index contributed by atoms with van der Waals surface area (Å²) >= 11 is 0. The van der Waals surface area contributed by atoms with Gasteiger partial charge in [-0.15, -0.1) is 0 Å². The lowest BCUT2D eigenvalue weighted by Crippen LogP contribution is -2.17. The van der Waals surface area contributed by atoms with Gasteiger partial charge in [0.25, 0.3) is 5.91 Å². The van der Waals surface area contributed by atoms with Gasteiger partial charge in [-0.3, -0.25) is 9.59 Å². The fourth-order valence-corrected chi connectivity index (χ4v) is 2.76. The number of rotatable bonds is 5. The summed E-state index contributed by atoms with van der Waals surface area (Å²) in [7, 11) is 0. The molecule has 0 aliphatic carbocycles. The van der Waals surface area contributed by atoms with Crippen LogP contribution in [-0.2, 0) is 6.61 Å². The Hall–Kier alpha value is -3.80. The highest BCUT2D eigenvalue weighted by Crippen LogP contribution is 2.18. The SMILES string of the molecule is O=C(Nc1ccc2cc[nH]c2c1)c1cc(=O)c(OCc2ccccc2)c[nH]1. The van der Waals surface area contributed by atoms with Crippen LogP contribution in [-0.4, -0.2) is 15.9 Å². The number of aromatic amines is 2. The molecule has 4 aromatic rings. The summed E-state index contributed by atoms with van der Waals surface area (Å²) in [6.45, 7) is 0.283. The Bertz CT molecular complexity index is 1150. The standard InChI is InChI=1S/C21H17N3O3/c25-19-11-18(23-12-20(19)27-13-14-4-2-1-3-5-14)21(26)24-16-7-6-15-8-9-22-17(15)10-16/h1-12,22H,13H2,(H,23,25)(H,24,26). The molecule has 4 rings (SSSR count). The predicted molar refractivity (Wildman–Crippen MR) is 104 cm³/mol. The molecular weight excluding hydrogens is 342 g/mol. The zero-order chi connectivity index (χ0) is 18.6. The van der Waals surface area contributed by atoms with E-state index >= 15 is 0 Å². The summed E-state index contributed by atoms with van der Waals surface area (Å²) in [5, 5.41) is 3.83. The third-order valence-corrected chi connectivity index (χ3v) is 4.17. The topological polar surface area (TPSA) is 87.0 Å². The maximum atomic E-state index is 12.4. The van der Waals surface area contributed by atoms with Crippen LogP contribution in [0.5, 0.6) is 5.75 Å². The summed E-state index contributed by atoms with van der Waals surface area (Å²) in [6, 6.07) is 18.3. The Balaban J connectivity index is 1.46. The van der Waals surface area contributed by atoms with Gasteiger partial charge in [0.1, 0.15) is 12.3 Å². The Morgan fingerprint density at radius 1 is 1.00 bits per heavy atom. The minimum atomic E-state index is -0.396. The van der Waals surface area contributed by atoms with E-state index in [1.807, 2.05) is 60.8 Å². The van der Waals surface area contributed by atoms with Crippen LogP contribution >= 0.6 is 0 Å². The molecular formula is C21H17N3O3. The van der Waals surface area contributed by atoms with Crippen molar-refractivity contribution in [2.75, 3.05) is 5.32 Å². The molecule has 2 heterocycles. The first-order chi connectivity index (χ1) is 13.2. The van der Waals surface area contributed by atoms with Gasteiger partial charge in [-0.25, -0.2) is 0 Å². The maximum absolute atomic E-state index is 12.4. The summed E-state index contributed by atoms with van der Waals surface area (Å²) in [5.74, 6) is -0.226. The lowest BCUT2D eigenvalue weighted by atomic mass is 10.2. The molecule has 0 saturated heterocycles. The van der Waals surface area contributed by atoms with Crippen LogP contribution in [0, 0.1) is 0 Å². The second-order valence-corrected chi connectivity index (χ2v) is 6.08. The molecule has 0 radical (unpaired) electrons. The Morgan fingerprint density at radius 3 is 2.67 bits per heavy atom. The van der Waals surface area contributed by atoms with Crippen molar-refractivity contribution in [1.29, 1.82) is 0 Å². The van der Waals surface area contributed by atoms with Crippen LogP contribution in [0.25, 0.3) is 10.9 Å². The number of anilines is 1. The second kappa shape index (κ2) is 7.21. The zero-order valence-electron chi connectivity index (χ0n) is 14.4. The van der Waals surface area contributed by atoms with Gasteiger partial charge in [-0.1, -0.05) is 36.4 Å². The van der Waals surface area contributed by atoms with Gasteiger partial charge in [0.2, 0.25) is 5.43 Å². The third kappa shape index (κ3) is 3.74. The molecule has 1 amide bonds. The lowest BCUT2D eigenvalue weighted by molar-refractivity contribution is 0.102. The average Bonchev–Trinajstić information content (AvgIpc) is 3.15. The van der Waals surface area contributed by atoms with E-state index in [0.29, 0.717) is 5.69 Å². The Kier molecular flexibility index (Phi) is 4.45. The molecule has 0 fully saturated rings. The molecule has 6 nitrogen and oxygen atoms in total. The molecule has 0 bridgehead atoms. The number of benzene rings is 2. The van der Waals surface area contributed by atoms with Crippen LogP contribution in [0.1, 0.15) is 16.1 Å². The van der Waals surface area contributed by atoms with E-state index < -0.39 is 5.91 Å². The van der Waals surface area contributed by atoms with Crippen LogP contribution < -0.4 is 15.5 Å². The van der Waals surface area contributed by atoms with Crippen molar-refractivity contribution in [3.05, 3.63) is 94.5 Å². The molecule has 0 spiro atoms. The fraction of sp³-hybridized carbons (Fsp3) is 0.0476. The zero-order valence-corrected chi connectivity index (χ0v) is 14.4. The second-order valence-electron chi connectivity index (χ2n) is 6.08. The molecule has 2 aromatic heterocycles. The summed E-state index contributed by atoms with van der Waals surface area (Å²) in [5.41, 5.74) is 2.33. The van der Waals surface area contributed by atoms with Crippen molar-refractivity contribution in [2.24, 2.45) is 0 Å². The number of H-pyrrole nitrogens is 2. The van der Waals surface area contributed by atoms with E-state index in [1.165, 1.54) is 12.3 Å². The number of carbonyl (C=O) groups excluding carboxylic acids is 1. The van der Waals surface area contributed by atoms with Gasteiger partial charge in [-0.05, 0) is 29.1 Å². The maximum Gasteiger partial charge on any atom is 0.272 e. The first-order valence-electron chi connectivity index (χ1n) is 8.47. The van der Waals surface area contributed by atoms with Crippen molar-refractivity contribution < 1.29 is 9.53 Å². The van der Waals surface area contributed by atoms with Crippen LogP contribution in [0.4, 0.5) is 5.69 Å². The summed E-state index contributed by atoms with van der Waals surface area (Å²) in [4.78, 5) is 30.5. The van der Waals surface area contributed by atoms with Crippen LogP contribution in [0.3, 0.4) is 0 Å².